The van der Waals surface area contributed by atoms with Crippen LogP contribution in [-0.4, -0.2) is 16.2 Å². The lowest BCUT2D eigenvalue weighted by Gasteiger charge is -2.13. The Bertz CT molecular complexity index is 1020. The highest BCUT2D eigenvalue weighted by atomic mass is 32.2. The zero-order valence-corrected chi connectivity index (χ0v) is 16.4. The monoisotopic (exact) mass is 396 g/mol. The quantitative estimate of drug-likeness (QED) is 0.285. The van der Waals surface area contributed by atoms with Crippen molar-refractivity contribution in [2.24, 2.45) is 0 Å². The van der Waals surface area contributed by atoms with Crippen LogP contribution in [0.25, 0.3) is 0 Å². The number of anilines is 3. The van der Waals surface area contributed by atoms with Crippen molar-refractivity contribution in [3.8, 4) is 0 Å². The molecule has 0 bridgehead atoms. The van der Waals surface area contributed by atoms with Crippen LogP contribution < -0.4 is 16.2 Å². The summed E-state index contributed by atoms with van der Waals surface area (Å²) >= 11 is 1.38. The van der Waals surface area contributed by atoms with Crippen LogP contribution in [0, 0.1) is 5.41 Å². The van der Waals surface area contributed by atoms with Gasteiger partial charge in [0, 0.05) is 39.3 Å². The SMILES string of the molecule is CS(=O)c1ccccc1SNc1ccc(N)c(C(=N)c2cccc(N)c2)c1. The summed E-state index contributed by atoms with van der Waals surface area (Å²) in [4.78, 5) is 1.67. The summed E-state index contributed by atoms with van der Waals surface area (Å²) in [5.74, 6) is 0. The normalized spacial score (nSPS) is 11.7. The number of nitrogens with one attached hydrogen (secondary N) is 2. The van der Waals surface area contributed by atoms with Crippen molar-refractivity contribution in [3.63, 3.8) is 0 Å². The average molecular weight is 397 g/mol. The molecule has 0 amide bonds. The first-order valence-corrected chi connectivity index (χ1v) is 10.5. The van der Waals surface area contributed by atoms with Gasteiger partial charge in [0.2, 0.25) is 0 Å². The van der Waals surface area contributed by atoms with Crippen LogP contribution in [0.2, 0.25) is 0 Å². The van der Waals surface area contributed by atoms with Crippen LogP contribution in [0.1, 0.15) is 11.1 Å². The Balaban J connectivity index is 1.84. The zero-order valence-electron chi connectivity index (χ0n) is 14.7. The Hall–Kier alpha value is -2.77. The van der Waals surface area contributed by atoms with E-state index in [0.717, 1.165) is 15.5 Å². The van der Waals surface area contributed by atoms with Gasteiger partial charge in [-0.2, -0.15) is 0 Å². The van der Waals surface area contributed by atoms with Crippen molar-refractivity contribution < 1.29 is 4.21 Å². The summed E-state index contributed by atoms with van der Waals surface area (Å²) in [5.41, 5.74) is 15.5. The minimum Gasteiger partial charge on any atom is -0.399 e. The molecule has 0 heterocycles. The molecular formula is C20H20N4OS2. The second-order valence-corrected chi connectivity index (χ2v) is 8.10. The van der Waals surface area contributed by atoms with Crippen LogP contribution in [-0.2, 0) is 10.8 Å². The maximum atomic E-state index is 11.9. The standard InChI is InChI=1S/C20H20N4OS2/c1-27(25)19-8-3-2-7-18(19)26-24-15-9-10-17(22)16(12-15)20(23)13-5-4-6-14(21)11-13/h2-12,23-24H,21-22H2,1H3. The highest BCUT2D eigenvalue weighted by Gasteiger charge is 2.11. The number of nitrogens with two attached hydrogens (primary N) is 2. The van der Waals surface area contributed by atoms with Gasteiger partial charge in [-0.15, -0.1) is 0 Å². The van der Waals surface area contributed by atoms with Gasteiger partial charge in [0.1, 0.15) is 0 Å². The van der Waals surface area contributed by atoms with E-state index in [0.29, 0.717) is 28.2 Å². The van der Waals surface area contributed by atoms with E-state index in [2.05, 4.69) is 4.72 Å². The van der Waals surface area contributed by atoms with E-state index in [-0.39, 0.29) is 0 Å². The van der Waals surface area contributed by atoms with Gasteiger partial charge < -0.3 is 16.2 Å². The molecule has 27 heavy (non-hydrogen) atoms. The van der Waals surface area contributed by atoms with Gasteiger partial charge in [0.05, 0.1) is 21.4 Å². The first-order chi connectivity index (χ1) is 13.0. The van der Waals surface area contributed by atoms with Gasteiger partial charge in [0.15, 0.2) is 0 Å². The molecule has 3 aromatic carbocycles. The van der Waals surface area contributed by atoms with Gasteiger partial charge >= 0.3 is 0 Å². The Morgan fingerprint density at radius 1 is 1.04 bits per heavy atom. The van der Waals surface area contributed by atoms with Crippen LogP contribution >= 0.6 is 11.9 Å². The first kappa shape index (κ1) is 19.0. The van der Waals surface area contributed by atoms with Crippen LogP contribution in [0.15, 0.2) is 76.5 Å². The lowest BCUT2D eigenvalue weighted by molar-refractivity contribution is 0.685. The molecule has 3 aromatic rings. The topological polar surface area (TPSA) is 105 Å². The van der Waals surface area contributed by atoms with Crippen molar-refractivity contribution >= 4 is 45.5 Å². The molecule has 0 radical (unpaired) electrons. The molecule has 0 fully saturated rings. The summed E-state index contributed by atoms with van der Waals surface area (Å²) in [7, 11) is -1.07. The molecule has 1 unspecified atom stereocenters. The predicted molar refractivity (Wildman–Crippen MR) is 116 cm³/mol. The summed E-state index contributed by atoms with van der Waals surface area (Å²) in [5, 5.41) is 8.48. The Morgan fingerprint density at radius 3 is 2.56 bits per heavy atom. The summed E-state index contributed by atoms with van der Waals surface area (Å²) in [6.45, 7) is 0. The molecule has 0 saturated heterocycles. The van der Waals surface area contributed by atoms with E-state index in [1.165, 1.54) is 11.9 Å². The van der Waals surface area contributed by atoms with Gasteiger partial charge in [-0.05, 0) is 54.4 Å². The Kier molecular flexibility index (Phi) is 5.83. The van der Waals surface area contributed by atoms with Gasteiger partial charge in [-0.25, -0.2) is 0 Å². The average Bonchev–Trinajstić information content (AvgIpc) is 2.67. The van der Waals surface area contributed by atoms with Gasteiger partial charge in [-0.3, -0.25) is 9.62 Å². The highest BCUT2D eigenvalue weighted by Crippen LogP contribution is 2.28. The van der Waals surface area contributed by atoms with Crippen molar-refractivity contribution in [3.05, 3.63) is 77.9 Å². The van der Waals surface area contributed by atoms with E-state index in [4.69, 9.17) is 16.9 Å². The maximum Gasteiger partial charge on any atom is 0.0706 e. The molecule has 0 aliphatic rings. The molecule has 0 saturated carbocycles. The highest BCUT2D eigenvalue weighted by molar-refractivity contribution is 8.01. The molecule has 3 rings (SSSR count). The number of benzene rings is 3. The third-order valence-corrected chi connectivity index (χ3v) is 5.95. The maximum absolute atomic E-state index is 11.9. The van der Waals surface area contributed by atoms with Crippen LogP contribution in [0.3, 0.4) is 0 Å². The van der Waals surface area contributed by atoms with E-state index in [9.17, 15) is 4.21 Å². The minimum atomic E-state index is -1.07. The molecule has 7 heteroatoms. The number of hydrogen-bond donors (Lipinski definition) is 4. The Labute approximate surface area is 165 Å². The van der Waals surface area contributed by atoms with Crippen LogP contribution in [0.4, 0.5) is 17.1 Å². The molecule has 0 spiro atoms. The van der Waals surface area contributed by atoms with Crippen molar-refractivity contribution in [1.29, 1.82) is 5.41 Å². The zero-order chi connectivity index (χ0) is 19.4. The third-order valence-electron chi connectivity index (χ3n) is 3.94. The second-order valence-electron chi connectivity index (χ2n) is 5.91. The van der Waals surface area contributed by atoms with Crippen LogP contribution in [0.5, 0.6) is 0 Å². The fraction of sp³-hybridized carbons (Fsp3) is 0.0500. The molecule has 138 valence electrons. The largest absolute Gasteiger partial charge is 0.399 e. The molecule has 6 N–H and O–H groups in total. The third kappa shape index (κ3) is 4.50. The number of nitrogen functional groups attached to an aromatic ring is 2. The van der Waals surface area contributed by atoms with Crippen molar-refractivity contribution in [2.45, 2.75) is 9.79 Å². The summed E-state index contributed by atoms with van der Waals surface area (Å²) in [6.07, 6.45) is 1.66. The van der Waals surface area contributed by atoms with E-state index < -0.39 is 10.8 Å². The minimum absolute atomic E-state index is 0.309. The molecule has 0 aliphatic heterocycles. The fourth-order valence-corrected chi connectivity index (χ4v) is 4.34. The van der Waals surface area contributed by atoms with E-state index in [1.807, 2.05) is 48.5 Å². The lowest BCUT2D eigenvalue weighted by atomic mass is 10.00. The Morgan fingerprint density at radius 2 is 1.81 bits per heavy atom. The van der Waals surface area contributed by atoms with E-state index in [1.54, 1.807) is 24.5 Å². The van der Waals surface area contributed by atoms with Crippen molar-refractivity contribution in [2.75, 3.05) is 22.4 Å². The fourth-order valence-electron chi connectivity index (χ4n) is 2.57. The first-order valence-electron chi connectivity index (χ1n) is 8.15. The van der Waals surface area contributed by atoms with E-state index >= 15 is 0 Å². The number of rotatable bonds is 6. The second kappa shape index (κ2) is 8.28. The summed E-state index contributed by atoms with van der Waals surface area (Å²) < 4.78 is 15.1. The smallest absolute Gasteiger partial charge is 0.0706 e. The molecular weight excluding hydrogens is 376 g/mol. The number of hydrogen-bond acceptors (Lipinski definition) is 6. The predicted octanol–water partition coefficient (Wildman–Crippen LogP) is 4.12. The van der Waals surface area contributed by atoms with Crippen molar-refractivity contribution in [1.82, 2.24) is 0 Å². The molecule has 0 aliphatic carbocycles. The van der Waals surface area contributed by atoms with Gasteiger partial charge in [-0.1, -0.05) is 24.3 Å². The van der Waals surface area contributed by atoms with Gasteiger partial charge in [0.25, 0.3) is 0 Å². The molecule has 1 atom stereocenters. The summed E-state index contributed by atoms with van der Waals surface area (Å²) in [6, 6.07) is 20.2. The molecule has 5 nitrogen and oxygen atoms in total. The lowest BCUT2D eigenvalue weighted by Crippen LogP contribution is -2.06. The molecule has 0 aromatic heterocycles.